The second-order valence-corrected chi connectivity index (χ2v) is 12.7. The molecule has 0 aromatic heterocycles. The molecule has 2 nitrogen and oxygen atoms in total. The highest BCUT2D eigenvalue weighted by Crippen LogP contribution is 2.53. The van der Waals surface area contributed by atoms with Gasteiger partial charge >= 0.3 is 0 Å². The molecular weight excluding hydrogens is 556 g/mol. The Morgan fingerprint density at radius 1 is 0.304 bits per heavy atom. The van der Waals surface area contributed by atoms with Crippen molar-refractivity contribution in [1.29, 1.82) is 0 Å². The van der Waals surface area contributed by atoms with Gasteiger partial charge in [-0.1, -0.05) is 96.1 Å². The van der Waals surface area contributed by atoms with Crippen LogP contribution in [0.25, 0.3) is 21.5 Å². The number of anilines is 6. The Labute approximate surface area is 273 Å². The van der Waals surface area contributed by atoms with Gasteiger partial charge in [0.25, 0.3) is 0 Å². The minimum absolute atomic E-state index is 1.12. The zero-order chi connectivity index (χ0) is 31.9. The summed E-state index contributed by atoms with van der Waals surface area (Å²) in [6.07, 6.45) is 0. The van der Waals surface area contributed by atoms with Crippen molar-refractivity contribution < 1.29 is 0 Å². The topological polar surface area (TPSA) is 6.48 Å². The van der Waals surface area contributed by atoms with Gasteiger partial charge in [-0.25, -0.2) is 0 Å². The van der Waals surface area contributed by atoms with Crippen LogP contribution in [0.5, 0.6) is 0 Å². The van der Waals surface area contributed by atoms with Gasteiger partial charge < -0.3 is 9.80 Å². The number of rotatable bonds is 6. The number of fused-ring (bicyclic) bond motifs is 3. The van der Waals surface area contributed by atoms with Crippen molar-refractivity contribution in [2.24, 2.45) is 0 Å². The maximum Gasteiger partial charge on any atom is 0.0788 e. The Bertz CT molecular complexity index is 2050. The first kappa shape index (κ1) is 29.4. The molecule has 7 aromatic rings. The van der Waals surface area contributed by atoms with Gasteiger partial charge in [-0.05, 0) is 123 Å². The lowest BCUT2D eigenvalue weighted by molar-refractivity contribution is 1.22. The molecule has 0 fully saturated rings. The van der Waals surface area contributed by atoms with E-state index in [0.717, 1.165) is 34.1 Å². The van der Waals surface area contributed by atoms with Crippen molar-refractivity contribution in [2.75, 3.05) is 9.80 Å². The summed E-state index contributed by atoms with van der Waals surface area (Å²) in [6, 6.07) is 49.3. The van der Waals surface area contributed by atoms with Crippen LogP contribution >= 0.6 is 0 Å². The molecule has 0 saturated heterocycles. The second kappa shape index (κ2) is 11.9. The maximum absolute atomic E-state index is 2.47. The Hall–Kier alpha value is -5.34. The van der Waals surface area contributed by atoms with Crippen LogP contribution in [0.3, 0.4) is 0 Å². The van der Waals surface area contributed by atoms with Crippen molar-refractivity contribution in [3.8, 4) is 0 Å². The zero-order valence-corrected chi connectivity index (χ0v) is 27.6. The number of nitrogens with zero attached hydrogens (tertiary/aromatic N) is 2. The first-order valence-electron chi connectivity index (χ1n) is 16.1. The quantitative estimate of drug-likeness (QED) is 0.139. The zero-order valence-electron chi connectivity index (χ0n) is 27.6. The molecule has 0 radical (unpaired) electrons. The normalized spacial score (nSPS) is 11.3. The molecule has 0 saturated carbocycles. The summed E-state index contributed by atoms with van der Waals surface area (Å²) >= 11 is 0. The van der Waals surface area contributed by atoms with E-state index in [4.69, 9.17) is 0 Å². The van der Waals surface area contributed by atoms with E-state index in [9.17, 15) is 0 Å². The van der Waals surface area contributed by atoms with Gasteiger partial charge in [0.2, 0.25) is 0 Å². The van der Waals surface area contributed by atoms with E-state index in [1.165, 1.54) is 54.9 Å². The highest BCUT2D eigenvalue weighted by atomic mass is 15.2. The molecule has 46 heavy (non-hydrogen) atoms. The van der Waals surface area contributed by atoms with Crippen LogP contribution in [0.15, 0.2) is 133 Å². The van der Waals surface area contributed by atoms with E-state index in [-0.39, 0.29) is 0 Å². The molecule has 0 amide bonds. The van der Waals surface area contributed by atoms with Gasteiger partial charge in [-0.3, -0.25) is 0 Å². The lowest BCUT2D eigenvalue weighted by atomic mass is 9.95. The van der Waals surface area contributed by atoms with Crippen LogP contribution in [0, 0.1) is 41.5 Å². The predicted molar refractivity (Wildman–Crippen MR) is 199 cm³/mol. The summed E-state index contributed by atoms with van der Waals surface area (Å²) < 4.78 is 0. The Kier molecular flexibility index (Phi) is 7.58. The average Bonchev–Trinajstić information content (AvgIpc) is 3.07. The summed E-state index contributed by atoms with van der Waals surface area (Å²) in [6.45, 7) is 13.1. The molecule has 7 rings (SSSR count). The summed E-state index contributed by atoms with van der Waals surface area (Å²) in [5, 5.41) is 4.88. The van der Waals surface area contributed by atoms with Crippen molar-refractivity contribution in [1.82, 2.24) is 0 Å². The number of aryl methyl sites for hydroxylation is 6. The highest BCUT2D eigenvalue weighted by molar-refractivity contribution is 6.23. The van der Waals surface area contributed by atoms with Crippen LogP contribution in [-0.4, -0.2) is 0 Å². The molecule has 0 unspecified atom stereocenters. The largest absolute Gasteiger partial charge is 0.308 e. The number of benzene rings is 7. The van der Waals surface area contributed by atoms with Crippen LogP contribution in [0.2, 0.25) is 0 Å². The molecule has 0 spiro atoms. The molecule has 0 bridgehead atoms. The first-order chi connectivity index (χ1) is 22.3. The molecule has 0 aliphatic heterocycles. The first-order valence-corrected chi connectivity index (χ1v) is 16.1. The van der Waals surface area contributed by atoms with Crippen molar-refractivity contribution >= 4 is 55.7 Å². The van der Waals surface area contributed by atoms with Crippen LogP contribution in [0.1, 0.15) is 33.4 Å². The van der Waals surface area contributed by atoms with Gasteiger partial charge in [-0.2, -0.15) is 0 Å². The van der Waals surface area contributed by atoms with E-state index in [2.05, 4.69) is 185 Å². The molecule has 226 valence electrons. The third-order valence-electron chi connectivity index (χ3n) is 9.41. The highest BCUT2D eigenvalue weighted by Gasteiger charge is 2.28. The molecule has 0 aliphatic carbocycles. The standard InChI is InChI=1S/C44H40N2/c1-29-15-21-35(22-16-29)45(37-25-19-31(3)33(5)27-37)43-41-13-9-7-11-39(41)40-12-8-10-14-42(40)44(43)46(36-23-17-30(2)18-24-36)38-26-20-32(4)34(6)28-38/h7-28H,1-6H3. The summed E-state index contributed by atoms with van der Waals surface area (Å²) in [4.78, 5) is 4.94. The maximum atomic E-state index is 2.47. The van der Waals surface area contributed by atoms with E-state index >= 15 is 0 Å². The smallest absolute Gasteiger partial charge is 0.0788 e. The Morgan fingerprint density at radius 2 is 0.630 bits per heavy atom. The summed E-state index contributed by atoms with van der Waals surface area (Å²) in [7, 11) is 0. The van der Waals surface area contributed by atoms with Gasteiger partial charge in [0.1, 0.15) is 0 Å². The van der Waals surface area contributed by atoms with Gasteiger partial charge in [0.15, 0.2) is 0 Å². The van der Waals surface area contributed by atoms with Crippen LogP contribution in [0.4, 0.5) is 34.1 Å². The van der Waals surface area contributed by atoms with Crippen molar-refractivity contribution in [3.05, 3.63) is 167 Å². The fraction of sp³-hybridized carbons (Fsp3) is 0.136. The SMILES string of the molecule is Cc1ccc(N(c2ccc(C)c(C)c2)c2c(N(c3ccc(C)cc3)c3ccc(C)c(C)c3)c3ccccc3c3ccccc23)cc1. The molecule has 0 N–H and O–H groups in total. The Morgan fingerprint density at radius 3 is 0.978 bits per heavy atom. The van der Waals surface area contributed by atoms with Crippen LogP contribution < -0.4 is 9.80 Å². The lowest BCUT2D eigenvalue weighted by Gasteiger charge is -2.36. The molecule has 0 aliphatic rings. The molecular formula is C44H40N2. The minimum atomic E-state index is 1.12. The minimum Gasteiger partial charge on any atom is -0.308 e. The van der Waals surface area contributed by atoms with Gasteiger partial charge in [-0.15, -0.1) is 0 Å². The molecule has 0 heterocycles. The summed E-state index contributed by atoms with van der Waals surface area (Å²) in [5.41, 5.74) is 14.4. The van der Waals surface area contributed by atoms with Gasteiger partial charge in [0.05, 0.1) is 11.4 Å². The second-order valence-electron chi connectivity index (χ2n) is 12.7. The van der Waals surface area contributed by atoms with Crippen molar-refractivity contribution in [2.45, 2.75) is 41.5 Å². The monoisotopic (exact) mass is 596 g/mol. The van der Waals surface area contributed by atoms with Crippen molar-refractivity contribution in [3.63, 3.8) is 0 Å². The number of hydrogen-bond acceptors (Lipinski definition) is 2. The Balaban J connectivity index is 1.69. The third-order valence-corrected chi connectivity index (χ3v) is 9.41. The fourth-order valence-corrected chi connectivity index (χ4v) is 6.49. The van der Waals surface area contributed by atoms with E-state index < -0.39 is 0 Å². The predicted octanol–water partition coefficient (Wildman–Crippen LogP) is 12.8. The fourth-order valence-electron chi connectivity index (χ4n) is 6.49. The molecule has 0 atom stereocenters. The van der Waals surface area contributed by atoms with Crippen LogP contribution in [-0.2, 0) is 0 Å². The third kappa shape index (κ3) is 5.20. The van der Waals surface area contributed by atoms with E-state index in [1.807, 2.05) is 0 Å². The van der Waals surface area contributed by atoms with E-state index in [1.54, 1.807) is 0 Å². The molecule has 2 heteroatoms. The van der Waals surface area contributed by atoms with E-state index in [0.29, 0.717) is 0 Å². The average molecular weight is 597 g/mol. The summed E-state index contributed by atoms with van der Waals surface area (Å²) in [5.74, 6) is 0. The number of hydrogen-bond donors (Lipinski definition) is 0. The molecule has 7 aromatic carbocycles. The lowest BCUT2D eigenvalue weighted by Crippen LogP contribution is -2.18. The van der Waals surface area contributed by atoms with Gasteiger partial charge in [0, 0.05) is 33.5 Å².